The van der Waals surface area contributed by atoms with Crippen molar-refractivity contribution in [3.63, 3.8) is 0 Å². The lowest BCUT2D eigenvalue weighted by molar-refractivity contribution is 0.0728. The third-order valence-corrected chi connectivity index (χ3v) is 5.35. The van der Waals surface area contributed by atoms with Crippen LogP contribution in [0.15, 0.2) is 54.3 Å². The van der Waals surface area contributed by atoms with Crippen molar-refractivity contribution in [1.29, 1.82) is 0 Å². The summed E-state index contributed by atoms with van der Waals surface area (Å²) in [5.41, 5.74) is 1.09. The maximum atomic E-state index is 13.9. The number of rotatable bonds is 6. The minimum Gasteiger partial charge on any atom is -0.493 e. The number of hydrogen-bond acceptors (Lipinski definition) is 7. The van der Waals surface area contributed by atoms with Crippen LogP contribution >= 0.6 is 0 Å². The van der Waals surface area contributed by atoms with Gasteiger partial charge in [0.2, 0.25) is 11.5 Å². The maximum Gasteiger partial charge on any atom is 0.346 e. The summed E-state index contributed by atoms with van der Waals surface area (Å²) >= 11 is 0. The molecule has 0 aliphatic carbocycles. The Morgan fingerprint density at radius 1 is 0.912 bits per heavy atom. The summed E-state index contributed by atoms with van der Waals surface area (Å²) in [6.07, 6.45) is 1.54. The van der Waals surface area contributed by atoms with Crippen LogP contribution in [0.4, 0.5) is 4.39 Å². The van der Waals surface area contributed by atoms with Gasteiger partial charge >= 0.3 is 5.97 Å². The molecule has 34 heavy (non-hydrogen) atoms. The van der Waals surface area contributed by atoms with Crippen LogP contribution in [0.1, 0.15) is 31.8 Å². The Balaban J connectivity index is 1.67. The van der Waals surface area contributed by atoms with Crippen LogP contribution in [0, 0.1) is 12.7 Å². The molecule has 0 atom stereocenters. The van der Waals surface area contributed by atoms with Gasteiger partial charge in [-0.25, -0.2) is 9.18 Å². The molecule has 1 aliphatic rings. The molecule has 0 saturated heterocycles. The van der Waals surface area contributed by atoms with Crippen molar-refractivity contribution < 1.29 is 37.7 Å². The van der Waals surface area contributed by atoms with Crippen LogP contribution < -0.4 is 23.7 Å². The van der Waals surface area contributed by atoms with E-state index in [0.29, 0.717) is 33.9 Å². The minimum atomic E-state index is -0.851. The van der Waals surface area contributed by atoms with Gasteiger partial charge in [0.1, 0.15) is 17.3 Å². The highest BCUT2D eigenvalue weighted by atomic mass is 19.1. The van der Waals surface area contributed by atoms with Gasteiger partial charge in [0.25, 0.3) is 0 Å². The Morgan fingerprint density at radius 3 is 2.29 bits per heavy atom. The van der Waals surface area contributed by atoms with E-state index in [1.54, 1.807) is 19.1 Å². The molecule has 0 fully saturated rings. The number of carbonyl (C=O) groups excluding carboxylic acids is 2. The molecule has 3 aromatic carbocycles. The molecule has 0 spiro atoms. The van der Waals surface area contributed by atoms with E-state index in [-0.39, 0.29) is 28.6 Å². The van der Waals surface area contributed by atoms with E-state index in [2.05, 4.69) is 0 Å². The van der Waals surface area contributed by atoms with Gasteiger partial charge in [-0.3, -0.25) is 4.79 Å². The number of hydrogen-bond donors (Lipinski definition) is 0. The standard InChI is InChI=1S/C26H21FO7/c1-14-19(34-26(29)16-7-5-6-8-18(16)27)12-10-17-22(28)21(33-23(14)17)13-15-9-11-20(30-2)25(32-4)24(15)31-3/h5-13H,1-4H3/b21-13-. The van der Waals surface area contributed by atoms with E-state index >= 15 is 0 Å². The highest BCUT2D eigenvalue weighted by Gasteiger charge is 2.31. The molecule has 7 nitrogen and oxygen atoms in total. The fourth-order valence-corrected chi connectivity index (χ4v) is 3.64. The molecule has 4 rings (SSSR count). The molecule has 0 N–H and O–H groups in total. The largest absolute Gasteiger partial charge is 0.493 e. The van der Waals surface area contributed by atoms with Gasteiger partial charge in [0.15, 0.2) is 17.3 Å². The third kappa shape index (κ3) is 3.94. The first kappa shape index (κ1) is 22.8. The second-order valence-corrected chi connectivity index (χ2v) is 7.30. The van der Waals surface area contributed by atoms with Crippen molar-refractivity contribution in [3.8, 4) is 28.7 Å². The lowest BCUT2D eigenvalue weighted by Crippen LogP contribution is -2.11. The second-order valence-electron chi connectivity index (χ2n) is 7.30. The highest BCUT2D eigenvalue weighted by Crippen LogP contribution is 2.43. The minimum absolute atomic E-state index is 0.0567. The number of halogens is 1. The first-order valence-corrected chi connectivity index (χ1v) is 10.2. The summed E-state index contributed by atoms with van der Waals surface area (Å²) in [4.78, 5) is 25.4. The van der Waals surface area contributed by atoms with Crippen LogP contribution in [0.3, 0.4) is 0 Å². The molecular weight excluding hydrogens is 443 g/mol. The van der Waals surface area contributed by atoms with Crippen LogP contribution in [-0.4, -0.2) is 33.1 Å². The van der Waals surface area contributed by atoms with E-state index in [9.17, 15) is 14.0 Å². The summed E-state index contributed by atoms with van der Waals surface area (Å²) in [6, 6.07) is 11.9. The Hall–Kier alpha value is -4.33. The van der Waals surface area contributed by atoms with Crippen LogP contribution in [0.5, 0.6) is 28.7 Å². The summed E-state index contributed by atoms with van der Waals surface area (Å²) in [5.74, 6) is -0.190. The molecule has 0 bridgehead atoms. The van der Waals surface area contributed by atoms with E-state index in [4.69, 9.17) is 23.7 Å². The van der Waals surface area contributed by atoms with Crippen molar-refractivity contribution in [2.24, 2.45) is 0 Å². The predicted molar refractivity (Wildman–Crippen MR) is 122 cm³/mol. The normalized spacial score (nSPS) is 13.3. The fourth-order valence-electron chi connectivity index (χ4n) is 3.64. The highest BCUT2D eigenvalue weighted by molar-refractivity contribution is 6.15. The molecule has 3 aromatic rings. The summed E-state index contributed by atoms with van der Waals surface area (Å²) in [5, 5.41) is 0. The zero-order chi connectivity index (χ0) is 24.4. The molecule has 0 radical (unpaired) electrons. The number of fused-ring (bicyclic) bond motifs is 1. The zero-order valence-corrected chi connectivity index (χ0v) is 18.9. The average molecular weight is 464 g/mol. The van der Waals surface area contributed by atoms with E-state index in [0.717, 1.165) is 0 Å². The van der Waals surface area contributed by atoms with Gasteiger partial charge in [0, 0.05) is 11.1 Å². The van der Waals surface area contributed by atoms with Gasteiger partial charge < -0.3 is 23.7 Å². The molecule has 0 aromatic heterocycles. The van der Waals surface area contributed by atoms with E-state index < -0.39 is 11.8 Å². The topological polar surface area (TPSA) is 80.3 Å². The smallest absolute Gasteiger partial charge is 0.346 e. The van der Waals surface area contributed by atoms with Crippen LogP contribution in [0.2, 0.25) is 0 Å². The van der Waals surface area contributed by atoms with Gasteiger partial charge in [0.05, 0.1) is 32.5 Å². The lowest BCUT2D eigenvalue weighted by atomic mass is 10.1. The molecule has 8 heteroatoms. The Kier molecular flexibility index (Phi) is 6.23. The number of carbonyl (C=O) groups is 2. The third-order valence-electron chi connectivity index (χ3n) is 5.35. The Bertz CT molecular complexity index is 1330. The molecule has 0 amide bonds. The number of Topliss-reactive ketones (excluding diaryl/α,β-unsaturated/α-hetero) is 1. The Morgan fingerprint density at radius 2 is 1.62 bits per heavy atom. The number of allylic oxidation sites excluding steroid dienone is 1. The molecule has 0 unspecified atom stereocenters. The number of ether oxygens (including phenoxy) is 5. The summed E-state index contributed by atoms with van der Waals surface area (Å²) in [6.45, 7) is 1.65. The number of ketones is 1. The first-order valence-electron chi connectivity index (χ1n) is 10.2. The van der Waals surface area contributed by atoms with Crippen molar-refractivity contribution in [2.75, 3.05) is 21.3 Å². The molecule has 1 heterocycles. The number of esters is 1. The summed E-state index contributed by atoms with van der Waals surface area (Å²) < 4.78 is 41.3. The van der Waals surface area contributed by atoms with Gasteiger partial charge in [-0.2, -0.15) is 0 Å². The SMILES string of the molecule is COc1ccc(/C=C2\Oc3c(ccc(OC(=O)c4ccccc4F)c3C)C2=O)c(OC)c1OC. The fraction of sp³-hybridized carbons (Fsp3) is 0.154. The van der Waals surface area contributed by atoms with Crippen molar-refractivity contribution >= 4 is 17.8 Å². The first-order chi connectivity index (χ1) is 16.4. The van der Waals surface area contributed by atoms with Crippen LogP contribution in [-0.2, 0) is 0 Å². The van der Waals surface area contributed by atoms with Crippen LogP contribution in [0.25, 0.3) is 6.08 Å². The van der Waals surface area contributed by atoms with Gasteiger partial charge in [-0.15, -0.1) is 0 Å². The van der Waals surface area contributed by atoms with Gasteiger partial charge in [-0.1, -0.05) is 12.1 Å². The average Bonchev–Trinajstić information content (AvgIpc) is 3.16. The Labute approximate surface area is 195 Å². The van der Waals surface area contributed by atoms with Gasteiger partial charge in [-0.05, 0) is 49.4 Å². The van der Waals surface area contributed by atoms with Crippen molar-refractivity contribution in [3.05, 3.63) is 82.4 Å². The van der Waals surface area contributed by atoms with E-state index in [1.807, 2.05) is 0 Å². The monoisotopic (exact) mass is 464 g/mol. The number of methoxy groups -OCH3 is 3. The summed E-state index contributed by atoms with van der Waals surface area (Å²) in [7, 11) is 4.47. The molecular formula is C26H21FO7. The van der Waals surface area contributed by atoms with Crippen molar-refractivity contribution in [2.45, 2.75) is 6.92 Å². The van der Waals surface area contributed by atoms with E-state index in [1.165, 1.54) is 63.8 Å². The second kappa shape index (κ2) is 9.27. The molecule has 174 valence electrons. The van der Waals surface area contributed by atoms with Crippen molar-refractivity contribution in [1.82, 2.24) is 0 Å². The molecule has 0 saturated carbocycles. The number of benzene rings is 3. The quantitative estimate of drug-likeness (QED) is 0.289. The molecule has 1 aliphatic heterocycles. The lowest BCUT2D eigenvalue weighted by Gasteiger charge is -2.14. The zero-order valence-electron chi connectivity index (χ0n) is 18.9. The predicted octanol–water partition coefficient (Wildman–Crippen LogP) is 5.00. The maximum absolute atomic E-state index is 13.9.